The molecular weight excluding hydrogens is 1520 g/mol. The summed E-state index contributed by atoms with van der Waals surface area (Å²) in [7, 11) is -14.6. The van der Waals surface area contributed by atoms with E-state index in [1.54, 1.807) is 0 Å². The minimum absolute atomic E-state index is 0.0866. The first-order valence-electron chi connectivity index (χ1n) is 45.8. The molecule has 0 saturated heterocycles. The van der Waals surface area contributed by atoms with Crippen LogP contribution in [0.3, 0.4) is 0 Å². The van der Waals surface area contributed by atoms with Gasteiger partial charge in [0.2, 0.25) is 0 Å². The highest BCUT2D eigenvalue weighted by molar-refractivity contribution is 7.65. The Kier molecular flexibility index (Phi) is 39.0. The van der Waals surface area contributed by atoms with Gasteiger partial charge in [0.1, 0.15) is 96.2 Å². The molecule has 0 atom stereocenters. The van der Waals surface area contributed by atoms with Gasteiger partial charge in [0.15, 0.2) is 0 Å². The molecule has 0 aromatic heterocycles. The summed E-state index contributed by atoms with van der Waals surface area (Å²) in [4.78, 5) is 0. The lowest BCUT2D eigenvalue weighted by molar-refractivity contribution is 0.358. The van der Waals surface area contributed by atoms with Gasteiger partial charge in [-0.25, -0.2) is 0 Å². The number of fused-ring (bicyclic) bond motifs is 10. The van der Waals surface area contributed by atoms with E-state index >= 15 is 22.8 Å². The lowest BCUT2D eigenvalue weighted by Gasteiger charge is -2.30. The molecule has 0 aliphatic heterocycles. The SMILES string of the molecule is CCCCP(=O)(CCCC)COc1c2cc(C(C)(C)C)cc1Cc1cc(C(C)(C)C)cc(c1OCP(=O)(CCCC)CCCC)Cc1cc(C(C)(C)C)cc(c1OCP(=O)(CCCC)CCCC)Cc1cc(C(C)(C)C)cc(c1OCP(=O)(CCCC)CCCC)Cc1cc(C(C)(C)C)cc(c1OCP(=O)(CCCC)CCCC)C2. The van der Waals surface area contributed by atoms with Crippen molar-refractivity contribution in [2.45, 2.75) is 361 Å². The molecule has 6 rings (SSSR count). The largest absolute Gasteiger partial charge is 0.485 e. The molecule has 115 heavy (non-hydrogen) atoms. The maximum absolute atomic E-state index is 16.0. The zero-order valence-corrected chi connectivity index (χ0v) is 82.3. The first kappa shape index (κ1) is 100. The van der Waals surface area contributed by atoms with Crippen molar-refractivity contribution in [2.75, 3.05) is 93.4 Å². The van der Waals surface area contributed by atoms with E-state index in [1.165, 1.54) is 0 Å². The first-order chi connectivity index (χ1) is 53.9. The fraction of sp³-hybridized carbons (Fsp3) is 0.700. The second-order valence-corrected chi connectivity index (χ2v) is 56.5. The van der Waals surface area contributed by atoms with Crippen molar-refractivity contribution >= 4 is 35.7 Å². The number of rotatable bonds is 45. The highest BCUT2D eigenvalue weighted by Crippen LogP contribution is 2.56. The Bertz CT molecular complexity index is 3360. The highest BCUT2D eigenvalue weighted by atomic mass is 31.2. The second kappa shape index (κ2) is 44.9. The number of ether oxygens (including phenoxy) is 5. The van der Waals surface area contributed by atoms with Gasteiger partial charge < -0.3 is 46.5 Å². The van der Waals surface area contributed by atoms with Crippen molar-refractivity contribution in [3.05, 3.63) is 144 Å². The Hall–Kier alpha value is -3.75. The molecule has 5 aromatic carbocycles. The summed E-state index contributed by atoms with van der Waals surface area (Å²) in [6, 6.07) is 23.5. The molecule has 0 fully saturated rings. The summed E-state index contributed by atoms with van der Waals surface area (Å²) in [5.41, 5.74) is 13.3. The van der Waals surface area contributed by atoms with Crippen molar-refractivity contribution in [1.29, 1.82) is 0 Å². The molecule has 650 valence electrons. The fourth-order valence-corrected chi connectivity index (χ4v) is 28.9. The topological polar surface area (TPSA) is 132 Å². The molecule has 15 heteroatoms. The number of unbranched alkanes of at least 4 members (excludes halogenated alkanes) is 10. The predicted octanol–water partition coefficient (Wildman–Crippen LogP) is 30.9. The van der Waals surface area contributed by atoms with Crippen LogP contribution in [0.15, 0.2) is 60.7 Å². The van der Waals surface area contributed by atoms with Gasteiger partial charge in [-0.3, -0.25) is 0 Å². The molecule has 1 aliphatic rings. The van der Waals surface area contributed by atoms with Gasteiger partial charge in [-0.1, -0.05) is 298 Å². The van der Waals surface area contributed by atoms with Crippen molar-refractivity contribution in [3.63, 3.8) is 0 Å². The maximum Gasteiger partial charge on any atom is 0.141 e. The molecule has 0 amide bonds. The zero-order chi connectivity index (χ0) is 85.4. The third kappa shape index (κ3) is 30.4. The number of hydrogen-bond acceptors (Lipinski definition) is 10. The van der Waals surface area contributed by atoms with E-state index in [0.717, 1.165) is 212 Å². The van der Waals surface area contributed by atoms with Crippen LogP contribution in [0.25, 0.3) is 0 Å². The van der Waals surface area contributed by atoms with Gasteiger partial charge >= 0.3 is 0 Å². The summed E-state index contributed by atoms with van der Waals surface area (Å²) >= 11 is 0. The summed E-state index contributed by atoms with van der Waals surface area (Å²) in [5, 5.41) is 0. The van der Waals surface area contributed by atoms with Crippen LogP contribution in [0.2, 0.25) is 0 Å². The second-order valence-electron chi connectivity index (χ2n) is 40.2. The van der Waals surface area contributed by atoms with Gasteiger partial charge in [-0.05, 0) is 175 Å². The van der Waals surface area contributed by atoms with E-state index in [4.69, 9.17) is 23.7 Å². The number of hydrogen-bond donors (Lipinski definition) is 0. The Labute approximate surface area is 704 Å². The monoisotopic (exact) mass is 1680 g/mol. The normalized spacial score (nSPS) is 13.8. The maximum atomic E-state index is 16.0. The van der Waals surface area contributed by atoms with Crippen molar-refractivity contribution in [3.8, 4) is 28.7 Å². The van der Waals surface area contributed by atoms with Crippen LogP contribution in [0, 0.1) is 0 Å². The van der Waals surface area contributed by atoms with E-state index in [0.29, 0.717) is 122 Å². The summed E-state index contributed by atoms with van der Waals surface area (Å²) in [5.74, 6) is 3.51. The van der Waals surface area contributed by atoms with Crippen LogP contribution in [0.4, 0.5) is 0 Å². The van der Waals surface area contributed by atoms with Gasteiger partial charge in [0.05, 0.1) is 0 Å². The Morgan fingerprint density at radius 3 is 0.400 bits per heavy atom. The Morgan fingerprint density at radius 2 is 0.313 bits per heavy atom. The molecule has 1 aliphatic carbocycles. The minimum Gasteiger partial charge on any atom is -0.485 e. The fourth-order valence-electron chi connectivity index (χ4n) is 15.8. The van der Waals surface area contributed by atoms with Gasteiger partial charge in [-0.15, -0.1) is 0 Å². The highest BCUT2D eigenvalue weighted by Gasteiger charge is 2.36. The molecule has 10 bridgehead atoms. The van der Waals surface area contributed by atoms with Crippen molar-refractivity contribution < 1.29 is 46.5 Å². The van der Waals surface area contributed by atoms with Crippen LogP contribution in [0.1, 0.15) is 385 Å². The van der Waals surface area contributed by atoms with Crippen LogP contribution in [-0.4, -0.2) is 93.4 Å². The third-order valence-corrected chi connectivity index (χ3v) is 38.2. The average molecular weight is 1680 g/mol. The van der Waals surface area contributed by atoms with E-state index in [9.17, 15) is 0 Å². The average Bonchev–Trinajstić information content (AvgIpc) is 0.760. The van der Waals surface area contributed by atoms with Crippen LogP contribution >= 0.6 is 35.7 Å². The van der Waals surface area contributed by atoms with Gasteiger partial charge in [-0.2, -0.15) is 0 Å². The summed E-state index contributed by atoms with van der Waals surface area (Å²) < 4.78 is 118. The van der Waals surface area contributed by atoms with Crippen LogP contribution in [-0.2, 0) is 82.0 Å². The minimum atomic E-state index is -2.93. The van der Waals surface area contributed by atoms with E-state index in [1.807, 2.05) is 0 Å². The molecule has 5 aromatic rings. The van der Waals surface area contributed by atoms with E-state index in [2.05, 4.69) is 234 Å². The molecule has 0 unspecified atom stereocenters. The van der Waals surface area contributed by atoms with E-state index in [-0.39, 0.29) is 58.8 Å². The third-order valence-electron chi connectivity index (χ3n) is 23.9. The van der Waals surface area contributed by atoms with Crippen LogP contribution < -0.4 is 23.7 Å². The standard InChI is InChI=1S/C100H165O10P5/c1-26-36-46-111(101,47-37-27-2)71-106-91-76-56-78-63-87(97(14,15)16)65-80(92(78)107-72-112(102,48-38-28-3)49-39-29-4)58-82-67-89(99(20,21)22)69-84(94(82)109-74-114(104,52-42-32-7)53-43-33-8)60-85-70-90(100(23,24)25)68-83(95(85)110-75-115(105,54-44-34-9)55-45-35-10)59-81-66-88(98(17,18)19)64-79(57-77(91)62-86(61-76)96(11,12)13)93(81)108-73-113(103,50-40-30-5)51-41-31-6/h61-70H,26-60,71-75H2,1-25H3. The molecule has 0 heterocycles. The number of benzene rings is 5. The van der Waals surface area contributed by atoms with Gasteiger partial charge in [0, 0.05) is 93.7 Å². The first-order valence-corrected chi connectivity index (χ1v) is 57.1. The lowest BCUT2D eigenvalue weighted by Crippen LogP contribution is -2.18. The van der Waals surface area contributed by atoms with Crippen molar-refractivity contribution in [1.82, 2.24) is 0 Å². The zero-order valence-electron chi connectivity index (χ0n) is 77.9. The van der Waals surface area contributed by atoms with Gasteiger partial charge in [0.25, 0.3) is 0 Å². The summed E-state index contributed by atoms with van der Waals surface area (Å²) in [6.07, 6.45) is 26.0. The molecular formula is C100H165O10P5. The molecule has 0 spiro atoms. The van der Waals surface area contributed by atoms with Crippen LogP contribution in [0.5, 0.6) is 28.7 Å². The molecule has 0 saturated carbocycles. The lowest BCUT2D eigenvalue weighted by atomic mass is 9.79. The smallest absolute Gasteiger partial charge is 0.141 e. The molecule has 10 nitrogen and oxygen atoms in total. The Morgan fingerprint density at radius 1 is 0.209 bits per heavy atom. The van der Waals surface area contributed by atoms with Crippen molar-refractivity contribution in [2.24, 2.45) is 0 Å². The van der Waals surface area contributed by atoms with E-state index < -0.39 is 35.7 Å². The summed E-state index contributed by atoms with van der Waals surface area (Å²) in [6.45, 7) is 56.1. The quantitative estimate of drug-likeness (QED) is 0.0341. The molecule has 0 radical (unpaired) electrons. The predicted molar refractivity (Wildman–Crippen MR) is 503 cm³/mol. The Balaban J connectivity index is 2.06. The molecule has 0 N–H and O–H groups in total.